The summed E-state index contributed by atoms with van der Waals surface area (Å²) in [5.74, 6) is 0. The van der Waals surface area contributed by atoms with E-state index < -0.39 is 0 Å². The summed E-state index contributed by atoms with van der Waals surface area (Å²) in [7, 11) is 0. The first-order chi connectivity index (χ1) is 8.33. The summed E-state index contributed by atoms with van der Waals surface area (Å²) in [4.78, 5) is 0. The van der Waals surface area contributed by atoms with E-state index in [1.54, 1.807) is 0 Å². The first-order valence-corrected chi connectivity index (χ1v) is 8.00. The summed E-state index contributed by atoms with van der Waals surface area (Å²) in [5, 5.41) is 0. The molecule has 0 unspecified atom stereocenters. The molecule has 1 rings (SSSR count). The van der Waals surface area contributed by atoms with Crippen molar-refractivity contribution in [2.75, 3.05) is 0 Å². The zero-order valence-corrected chi connectivity index (χ0v) is 13.8. The molecular formula is C16H26I+. The normalized spacial score (nSPS) is 6.82. The Balaban J connectivity index is -0.000000285. The van der Waals surface area contributed by atoms with Crippen LogP contribution in [-0.4, -0.2) is 0 Å². The molecule has 0 N–H and O–H groups in total. The van der Waals surface area contributed by atoms with Crippen LogP contribution in [-0.2, 0) is 0 Å². The van der Waals surface area contributed by atoms with Crippen LogP contribution < -0.4 is 21.2 Å². The van der Waals surface area contributed by atoms with E-state index in [2.05, 4.69) is 50.6 Å². The van der Waals surface area contributed by atoms with Gasteiger partial charge in [-0.2, -0.15) is 0 Å². The fourth-order valence-corrected chi connectivity index (χ4v) is 2.45. The van der Waals surface area contributed by atoms with E-state index in [0.717, 1.165) is 0 Å². The van der Waals surface area contributed by atoms with Crippen molar-refractivity contribution in [3.05, 3.63) is 69.9 Å². The molecule has 17 heavy (non-hydrogen) atoms. The molecule has 0 spiro atoms. The SMILES string of the molecule is C=C.C=CC(=C)[I+]c1ccccc1.CC.CC. The minimum atomic E-state index is -0.0486. The summed E-state index contributed by atoms with van der Waals surface area (Å²) in [5.41, 5.74) is 0. The van der Waals surface area contributed by atoms with Crippen LogP contribution in [0.2, 0.25) is 0 Å². The maximum atomic E-state index is 3.90. The second-order valence-electron chi connectivity index (χ2n) is 2.04. The summed E-state index contributed by atoms with van der Waals surface area (Å²) < 4.78 is 2.58. The average molecular weight is 345 g/mol. The van der Waals surface area contributed by atoms with Gasteiger partial charge in [-0.15, -0.1) is 13.2 Å². The van der Waals surface area contributed by atoms with Crippen molar-refractivity contribution in [2.24, 2.45) is 0 Å². The smallest absolute Gasteiger partial charge is 0.106 e. The molecular weight excluding hydrogens is 319 g/mol. The van der Waals surface area contributed by atoms with Crippen molar-refractivity contribution in [3.8, 4) is 0 Å². The molecule has 0 aromatic heterocycles. The summed E-state index contributed by atoms with van der Waals surface area (Å²) in [6.07, 6.45) is 1.85. The van der Waals surface area contributed by atoms with Gasteiger partial charge >= 0.3 is 21.2 Å². The Morgan fingerprint density at radius 3 is 1.76 bits per heavy atom. The molecule has 0 aliphatic carbocycles. The molecule has 0 aliphatic rings. The molecule has 0 saturated heterocycles. The third kappa shape index (κ3) is 15.2. The lowest BCUT2D eigenvalue weighted by atomic mass is 10.4. The first-order valence-electron chi connectivity index (χ1n) is 5.84. The zero-order chi connectivity index (χ0) is 14.1. The van der Waals surface area contributed by atoms with Gasteiger partial charge in [0, 0.05) is 0 Å². The van der Waals surface area contributed by atoms with Gasteiger partial charge in [0.05, 0.1) is 0 Å². The van der Waals surface area contributed by atoms with Crippen LogP contribution in [0.5, 0.6) is 0 Å². The third-order valence-corrected chi connectivity index (χ3v) is 3.66. The highest BCUT2D eigenvalue weighted by molar-refractivity contribution is 5.03. The van der Waals surface area contributed by atoms with Crippen LogP contribution in [0.1, 0.15) is 27.7 Å². The predicted molar refractivity (Wildman–Crippen MR) is 78.4 cm³/mol. The molecule has 0 fully saturated rings. The van der Waals surface area contributed by atoms with E-state index in [9.17, 15) is 0 Å². The van der Waals surface area contributed by atoms with E-state index in [1.165, 1.54) is 7.15 Å². The van der Waals surface area contributed by atoms with E-state index in [1.807, 2.05) is 39.8 Å². The Morgan fingerprint density at radius 2 is 1.41 bits per heavy atom. The highest BCUT2D eigenvalue weighted by Crippen LogP contribution is 1.82. The van der Waals surface area contributed by atoms with Crippen molar-refractivity contribution in [1.82, 2.24) is 0 Å². The monoisotopic (exact) mass is 345 g/mol. The molecule has 0 bridgehead atoms. The van der Waals surface area contributed by atoms with Crippen molar-refractivity contribution >= 4 is 0 Å². The van der Waals surface area contributed by atoms with Gasteiger partial charge in [-0.3, -0.25) is 0 Å². The van der Waals surface area contributed by atoms with Gasteiger partial charge in [0.15, 0.2) is 7.15 Å². The summed E-state index contributed by atoms with van der Waals surface area (Å²) >= 11 is -0.0486. The van der Waals surface area contributed by atoms with Crippen LogP contribution in [0.4, 0.5) is 0 Å². The van der Waals surface area contributed by atoms with Gasteiger partial charge < -0.3 is 0 Å². The number of halogens is 1. The van der Waals surface area contributed by atoms with Gasteiger partial charge in [0.1, 0.15) is 0 Å². The predicted octanol–water partition coefficient (Wildman–Crippen LogP) is 2.50. The van der Waals surface area contributed by atoms with Crippen molar-refractivity contribution < 1.29 is 21.2 Å². The molecule has 0 nitrogen and oxygen atoms in total. The van der Waals surface area contributed by atoms with E-state index in [4.69, 9.17) is 0 Å². The Hall–Kier alpha value is -0.830. The lowest BCUT2D eigenvalue weighted by Gasteiger charge is -1.81. The molecule has 0 aliphatic heterocycles. The van der Waals surface area contributed by atoms with Gasteiger partial charge in [-0.25, -0.2) is 0 Å². The number of benzene rings is 1. The van der Waals surface area contributed by atoms with E-state index >= 15 is 0 Å². The van der Waals surface area contributed by atoms with Gasteiger partial charge in [-0.05, 0) is 24.8 Å². The average Bonchev–Trinajstić information content (AvgIpc) is 2.46. The molecule has 1 heteroatoms. The van der Waals surface area contributed by atoms with Crippen molar-refractivity contribution in [3.63, 3.8) is 0 Å². The fraction of sp³-hybridized carbons (Fsp3) is 0.250. The van der Waals surface area contributed by atoms with Gasteiger partial charge in [0.25, 0.3) is 0 Å². The minimum absolute atomic E-state index is 0.0486. The molecule has 0 amide bonds. The Labute approximate surface area is 118 Å². The first kappa shape index (κ1) is 21.5. The van der Waals surface area contributed by atoms with E-state index in [0.29, 0.717) is 0 Å². The molecule has 0 saturated carbocycles. The molecule has 0 atom stereocenters. The zero-order valence-electron chi connectivity index (χ0n) is 11.7. The van der Waals surface area contributed by atoms with Crippen molar-refractivity contribution in [1.29, 1.82) is 0 Å². The molecule has 96 valence electrons. The maximum absolute atomic E-state index is 3.90. The Bertz CT molecular complexity index is 262. The maximum Gasteiger partial charge on any atom is 0.357 e. The van der Waals surface area contributed by atoms with Gasteiger partial charge in [0.2, 0.25) is 0 Å². The number of rotatable bonds is 3. The number of hydrogen-bond acceptors (Lipinski definition) is 0. The number of hydrogen-bond donors (Lipinski definition) is 0. The number of allylic oxidation sites excluding steroid dienone is 2. The Kier molecular flexibility index (Phi) is 26.0. The summed E-state index contributed by atoms with van der Waals surface area (Å²) in [6.45, 7) is 21.6. The highest BCUT2D eigenvalue weighted by Gasteiger charge is 2.11. The molecule has 1 aromatic carbocycles. The molecule has 0 radical (unpaired) electrons. The van der Waals surface area contributed by atoms with Crippen LogP contribution >= 0.6 is 0 Å². The van der Waals surface area contributed by atoms with Crippen LogP contribution in [0, 0.1) is 3.57 Å². The summed E-state index contributed by atoms with van der Waals surface area (Å²) in [6, 6.07) is 10.4. The van der Waals surface area contributed by atoms with Crippen molar-refractivity contribution in [2.45, 2.75) is 27.7 Å². The largest absolute Gasteiger partial charge is 0.357 e. The lowest BCUT2D eigenvalue weighted by molar-refractivity contribution is -0.571. The lowest BCUT2D eigenvalue weighted by Crippen LogP contribution is -3.60. The molecule has 1 aromatic rings. The quantitative estimate of drug-likeness (QED) is 0.449. The van der Waals surface area contributed by atoms with Crippen LogP contribution in [0.25, 0.3) is 0 Å². The van der Waals surface area contributed by atoms with Crippen LogP contribution in [0.3, 0.4) is 0 Å². The van der Waals surface area contributed by atoms with Crippen LogP contribution in [0.15, 0.2) is 66.3 Å². The Morgan fingerprint density at radius 1 is 1.00 bits per heavy atom. The topological polar surface area (TPSA) is 0 Å². The van der Waals surface area contributed by atoms with E-state index in [-0.39, 0.29) is 21.2 Å². The second kappa shape index (κ2) is 20.6. The fourth-order valence-electron chi connectivity index (χ4n) is 0.656. The highest BCUT2D eigenvalue weighted by atomic mass is 127. The molecule has 0 heterocycles. The standard InChI is InChI=1S/C10H10I.2C2H6.C2H4/c1-3-9(2)11-10-7-5-4-6-8-10;3*1-2/h3-8H,1-2H2;2*1-2H3;1-2H2/q+1;;;. The second-order valence-corrected chi connectivity index (χ2v) is 5.21. The van der Waals surface area contributed by atoms with Gasteiger partial charge in [-0.1, -0.05) is 52.5 Å². The third-order valence-electron chi connectivity index (χ3n) is 1.19. The minimum Gasteiger partial charge on any atom is -0.106 e.